The molecule has 0 radical (unpaired) electrons. The molecule has 5 aliphatic rings. The third kappa shape index (κ3) is 5.80. The van der Waals surface area contributed by atoms with Gasteiger partial charge in [-0.1, -0.05) is 154 Å². The highest BCUT2D eigenvalue weighted by atomic mass is 15.2. The van der Waals surface area contributed by atoms with Gasteiger partial charge in [0.2, 0.25) is 0 Å². The zero-order valence-corrected chi connectivity index (χ0v) is 41.4. The van der Waals surface area contributed by atoms with Crippen LogP contribution in [0, 0.1) is 13.8 Å². The number of benzene rings is 7. The molecule has 0 unspecified atom stereocenters. The molecule has 0 fully saturated rings. The summed E-state index contributed by atoms with van der Waals surface area (Å²) in [5, 5.41) is 0. The first-order valence-electron chi connectivity index (χ1n) is 24.8. The summed E-state index contributed by atoms with van der Waals surface area (Å²) in [4.78, 5) is 5.46. The zero-order valence-electron chi connectivity index (χ0n) is 41.4. The van der Waals surface area contributed by atoms with Gasteiger partial charge in [0.05, 0.1) is 0 Å². The van der Waals surface area contributed by atoms with Crippen LogP contribution in [0.25, 0.3) is 33.4 Å². The van der Waals surface area contributed by atoms with E-state index >= 15 is 0 Å². The second-order valence-electron chi connectivity index (χ2n) is 24.0. The molecule has 0 bridgehead atoms. The van der Waals surface area contributed by atoms with Gasteiger partial charge in [0, 0.05) is 39.4 Å². The van der Waals surface area contributed by atoms with Crippen LogP contribution in [0.15, 0.2) is 127 Å². The highest BCUT2D eigenvalue weighted by molar-refractivity contribution is 6.93. The van der Waals surface area contributed by atoms with Gasteiger partial charge in [0.1, 0.15) is 0 Å². The molecular weight excluding hydrogens is 796 g/mol. The highest BCUT2D eigenvalue weighted by Gasteiger charge is 2.49. The Hall–Kier alpha value is -5.80. The van der Waals surface area contributed by atoms with Gasteiger partial charge >= 0.3 is 6.85 Å². The quantitative estimate of drug-likeness (QED) is 0.163. The largest absolute Gasteiger partial charge is 0.376 e. The molecule has 0 amide bonds. The summed E-state index contributed by atoms with van der Waals surface area (Å²) < 4.78 is 0. The molecule has 0 N–H and O–H groups in total. The molecule has 2 aliphatic heterocycles. The van der Waals surface area contributed by atoms with Crippen molar-refractivity contribution in [1.29, 1.82) is 0 Å². The second-order valence-corrected chi connectivity index (χ2v) is 24.0. The van der Waals surface area contributed by atoms with Gasteiger partial charge in [0.15, 0.2) is 0 Å². The lowest BCUT2D eigenvalue weighted by Gasteiger charge is -2.48. The molecule has 12 rings (SSSR count). The number of rotatable bonds is 3. The maximum Gasteiger partial charge on any atom is 0.333 e. The molecule has 0 atom stereocenters. The maximum atomic E-state index is 2.78. The van der Waals surface area contributed by atoms with Crippen molar-refractivity contribution in [2.45, 2.75) is 136 Å². The summed E-state index contributed by atoms with van der Waals surface area (Å²) in [7, 11) is 0. The van der Waals surface area contributed by atoms with Crippen molar-refractivity contribution in [3.8, 4) is 33.4 Å². The first-order chi connectivity index (χ1) is 31.3. The Balaban J connectivity index is 1.20. The number of hydrogen-bond donors (Lipinski definition) is 0. The van der Waals surface area contributed by atoms with Crippen molar-refractivity contribution >= 4 is 46.2 Å². The predicted octanol–water partition coefficient (Wildman–Crippen LogP) is 15.7. The van der Waals surface area contributed by atoms with E-state index in [0.29, 0.717) is 0 Å². The van der Waals surface area contributed by atoms with E-state index in [2.05, 4.69) is 220 Å². The lowest BCUT2D eigenvalue weighted by molar-refractivity contribution is 0.332. The lowest BCUT2D eigenvalue weighted by atomic mass is 9.43. The van der Waals surface area contributed by atoms with Crippen molar-refractivity contribution in [3.05, 3.63) is 172 Å². The van der Waals surface area contributed by atoms with Crippen LogP contribution in [0.2, 0.25) is 0 Å². The topological polar surface area (TPSA) is 6.48 Å². The molecule has 7 aromatic rings. The van der Waals surface area contributed by atoms with Crippen LogP contribution < -0.4 is 20.6 Å². The number of fused-ring (bicyclic) bond motifs is 9. The van der Waals surface area contributed by atoms with E-state index in [4.69, 9.17) is 0 Å². The van der Waals surface area contributed by atoms with E-state index in [-0.39, 0.29) is 33.9 Å². The first kappa shape index (κ1) is 41.6. The van der Waals surface area contributed by atoms with E-state index in [1.165, 1.54) is 143 Å². The highest BCUT2D eigenvalue weighted by Crippen LogP contribution is 2.57. The van der Waals surface area contributed by atoms with E-state index in [1.54, 1.807) is 0 Å². The number of aryl methyl sites for hydroxylation is 2. The molecule has 2 heterocycles. The molecule has 66 heavy (non-hydrogen) atoms. The van der Waals surface area contributed by atoms with Gasteiger partial charge in [-0.15, -0.1) is 0 Å². The monoisotopic (exact) mass is 861 g/mol. The van der Waals surface area contributed by atoms with Gasteiger partial charge in [-0.2, -0.15) is 0 Å². The minimum atomic E-state index is -0.134. The SMILES string of the molecule is Cc1cc2c3c(c1)N(c1cc4c(cc1C)C(C)(C)CCC4(C)C)c1cc(-c4ccccc4)ccc1B3N(c1ccc3c(c1)C(C)(C)CCC3(C)C)c1cc3c(cc1-2)-c1ccccc1C3(C)C. The number of nitrogens with zero attached hydrogens (tertiary/aromatic N) is 2. The first-order valence-corrected chi connectivity index (χ1v) is 24.8. The van der Waals surface area contributed by atoms with Gasteiger partial charge in [-0.3, -0.25) is 0 Å². The lowest BCUT2D eigenvalue weighted by Crippen LogP contribution is -2.61. The standard InChI is InChI=1S/C63H65BN2/c1-38-30-46-45-35-44-43-20-16-17-21-47(43)63(11,12)49(44)36-55(45)66(42-23-24-48-51(34-42)61(7,8)27-26-59(48,3)4)64-53-25-22-41(40-18-14-13-15-19-40)33-56(53)65(57(31-38)58(46)64)54-37-52-50(32-39(54)2)60(5,6)28-29-62(52,9)10/h13-25,30-37H,26-29H2,1-12H3. The Morgan fingerprint density at radius 3 is 1.74 bits per heavy atom. The van der Waals surface area contributed by atoms with Gasteiger partial charge in [0.25, 0.3) is 0 Å². The van der Waals surface area contributed by atoms with Crippen molar-refractivity contribution < 1.29 is 0 Å². The maximum absolute atomic E-state index is 2.78. The predicted molar refractivity (Wildman–Crippen MR) is 283 cm³/mol. The molecule has 3 aliphatic carbocycles. The summed E-state index contributed by atoms with van der Waals surface area (Å²) in [5.41, 5.74) is 28.7. The summed E-state index contributed by atoms with van der Waals surface area (Å²) >= 11 is 0. The Kier molecular flexibility index (Phi) is 8.61. The smallest absolute Gasteiger partial charge is 0.333 e. The minimum Gasteiger partial charge on any atom is -0.376 e. The molecule has 2 nitrogen and oxygen atoms in total. The molecule has 0 saturated carbocycles. The van der Waals surface area contributed by atoms with Gasteiger partial charge in [-0.05, 0) is 187 Å². The van der Waals surface area contributed by atoms with Crippen LogP contribution in [0.4, 0.5) is 28.4 Å². The average Bonchev–Trinajstić information content (AvgIpc) is 3.51. The molecule has 0 aromatic heterocycles. The van der Waals surface area contributed by atoms with E-state index in [1.807, 2.05) is 0 Å². The molecule has 0 saturated heterocycles. The van der Waals surface area contributed by atoms with E-state index < -0.39 is 0 Å². The van der Waals surface area contributed by atoms with Gasteiger partial charge < -0.3 is 9.71 Å². The van der Waals surface area contributed by atoms with E-state index in [9.17, 15) is 0 Å². The Morgan fingerprint density at radius 2 is 1.03 bits per heavy atom. The summed E-state index contributed by atoms with van der Waals surface area (Å²) in [6.45, 7) is 29.2. The average molecular weight is 861 g/mol. The molecule has 0 spiro atoms. The third-order valence-corrected chi connectivity index (χ3v) is 17.5. The van der Waals surface area contributed by atoms with Crippen LogP contribution >= 0.6 is 0 Å². The van der Waals surface area contributed by atoms with Crippen LogP contribution in [0.5, 0.6) is 0 Å². The Morgan fingerprint density at radius 1 is 0.409 bits per heavy atom. The fourth-order valence-corrected chi connectivity index (χ4v) is 13.3. The van der Waals surface area contributed by atoms with Crippen LogP contribution in [0.3, 0.4) is 0 Å². The summed E-state index contributed by atoms with van der Waals surface area (Å²) in [6.07, 6.45) is 4.75. The fourth-order valence-electron chi connectivity index (χ4n) is 13.3. The molecular formula is C63H65BN2. The zero-order chi connectivity index (χ0) is 46.0. The Labute approximate surface area is 395 Å². The van der Waals surface area contributed by atoms with Crippen LogP contribution in [0.1, 0.15) is 139 Å². The van der Waals surface area contributed by atoms with Crippen LogP contribution in [-0.2, 0) is 27.1 Å². The van der Waals surface area contributed by atoms with E-state index in [0.717, 1.165) is 0 Å². The normalized spacial score (nSPS) is 19.2. The number of hydrogen-bond acceptors (Lipinski definition) is 2. The molecule has 7 aromatic carbocycles. The van der Waals surface area contributed by atoms with Gasteiger partial charge in [-0.25, -0.2) is 0 Å². The second kappa shape index (κ2) is 13.7. The third-order valence-electron chi connectivity index (χ3n) is 17.5. The van der Waals surface area contributed by atoms with Crippen LogP contribution in [-0.4, -0.2) is 6.85 Å². The molecule has 3 heteroatoms. The Bertz CT molecular complexity index is 3220. The number of anilines is 5. The summed E-state index contributed by atoms with van der Waals surface area (Å²) in [6, 6.07) is 50.5. The molecule has 330 valence electrons. The van der Waals surface area contributed by atoms with Crippen molar-refractivity contribution in [1.82, 2.24) is 0 Å². The minimum absolute atomic E-state index is 0.0600. The van der Waals surface area contributed by atoms with Crippen molar-refractivity contribution in [2.24, 2.45) is 0 Å². The fraction of sp³-hybridized carbons (Fsp3) is 0.333. The van der Waals surface area contributed by atoms with Crippen molar-refractivity contribution in [3.63, 3.8) is 0 Å². The van der Waals surface area contributed by atoms with Crippen molar-refractivity contribution in [2.75, 3.05) is 9.71 Å². The summed E-state index contributed by atoms with van der Waals surface area (Å²) in [5.74, 6) is 0.